The number of aromatic nitrogens is 2. The number of imidazole rings is 1. The highest BCUT2D eigenvalue weighted by Crippen LogP contribution is 2.33. The standard InChI is InChI=1S/C18H23N3OS/c1-18(2,3)23-12-17(22)21-11-15(20-9-8-19-13-20)10-14-6-4-5-7-16(14)21/h4-9,13,15H,10-12H2,1-3H3/t15-/m1/s1. The number of fused-ring (bicyclic) bond motifs is 1. The third kappa shape index (κ3) is 3.78. The van der Waals surface area contributed by atoms with Gasteiger partial charge in [-0.25, -0.2) is 4.98 Å². The van der Waals surface area contributed by atoms with Gasteiger partial charge in [0.15, 0.2) is 0 Å². The summed E-state index contributed by atoms with van der Waals surface area (Å²) < 4.78 is 2.20. The summed E-state index contributed by atoms with van der Waals surface area (Å²) in [5.74, 6) is 0.691. The second-order valence-corrected chi connectivity index (χ2v) is 8.70. The molecule has 3 rings (SSSR count). The largest absolute Gasteiger partial charge is 0.332 e. The number of rotatable bonds is 3. The van der Waals surface area contributed by atoms with Crippen molar-refractivity contribution in [3.05, 3.63) is 48.5 Å². The van der Waals surface area contributed by atoms with Gasteiger partial charge in [0, 0.05) is 29.4 Å². The minimum Gasteiger partial charge on any atom is -0.332 e. The summed E-state index contributed by atoms with van der Waals surface area (Å²) in [6, 6.07) is 8.47. The molecule has 0 spiro atoms. The maximum absolute atomic E-state index is 12.8. The first-order valence-electron chi connectivity index (χ1n) is 7.94. The maximum Gasteiger partial charge on any atom is 0.237 e. The van der Waals surface area contributed by atoms with Gasteiger partial charge >= 0.3 is 0 Å². The molecule has 2 aromatic rings. The molecule has 0 N–H and O–H groups in total. The summed E-state index contributed by atoms with van der Waals surface area (Å²) in [5.41, 5.74) is 2.29. The number of benzene rings is 1. The molecule has 0 aliphatic carbocycles. The molecule has 1 atom stereocenters. The van der Waals surface area contributed by atoms with Crippen molar-refractivity contribution < 1.29 is 4.79 Å². The molecule has 0 saturated carbocycles. The molecule has 1 aromatic carbocycles. The Labute approximate surface area is 141 Å². The van der Waals surface area contributed by atoms with Crippen LogP contribution in [0, 0.1) is 0 Å². The van der Waals surface area contributed by atoms with Crippen LogP contribution in [-0.4, -0.2) is 32.5 Å². The van der Waals surface area contributed by atoms with Gasteiger partial charge in [-0.3, -0.25) is 4.79 Å². The fraction of sp³-hybridized carbons (Fsp3) is 0.444. The molecular formula is C18H23N3OS. The number of para-hydroxylation sites is 1. The quantitative estimate of drug-likeness (QED) is 0.864. The number of thioether (sulfide) groups is 1. The third-order valence-corrected chi connectivity index (χ3v) is 5.26. The summed E-state index contributed by atoms with van der Waals surface area (Å²) in [6.45, 7) is 7.13. The molecule has 4 nitrogen and oxygen atoms in total. The molecule has 0 fully saturated rings. The van der Waals surface area contributed by atoms with Crippen molar-refractivity contribution in [3.8, 4) is 0 Å². The average Bonchev–Trinajstić information content (AvgIpc) is 3.05. The fourth-order valence-electron chi connectivity index (χ4n) is 2.85. The van der Waals surface area contributed by atoms with Crippen LogP contribution in [0.1, 0.15) is 32.4 Å². The van der Waals surface area contributed by atoms with Crippen LogP contribution < -0.4 is 4.90 Å². The van der Waals surface area contributed by atoms with Gasteiger partial charge in [-0.2, -0.15) is 0 Å². The number of amides is 1. The summed E-state index contributed by atoms with van der Waals surface area (Å²) in [5, 5.41) is 0. The number of nitrogens with zero attached hydrogens (tertiary/aromatic N) is 3. The van der Waals surface area contributed by atoms with E-state index in [9.17, 15) is 4.79 Å². The first kappa shape index (κ1) is 16.1. The van der Waals surface area contributed by atoms with Crippen molar-refractivity contribution in [2.75, 3.05) is 17.2 Å². The van der Waals surface area contributed by atoms with Gasteiger partial charge in [0.25, 0.3) is 0 Å². The lowest BCUT2D eigenvalue weighted by molar-refractivity contribution is -0.116. The van der Waals surface area contributed by atoms with E-state index in [0.717, 1.165) is 12.1 Å². The molecule has 1 aliphatic heterocycles. The zero-order valence-corrected chi connectivity index (χ0v) is 14.7. The normalized spacial score (nSPS) is 17.9. The van der Waals surface area contributed by atoms with E-state index < -0.39 is 0 Å². The first-order chi connectivity index (χ1) is 10.9. The molecule has 0 unspecified atom stereocenters. The van der Waals surface area contributed by atoms with Crippen LogP contribution in [0.15, 0.2) is 43.0 Å². The second-order valence-electron chi connectivity index (χ2n) is 6.90. The third-order valence-electron chi connectivity index (χ3n) is 4.01. The number of carbonyl (C=O) groups is 1. The van der Waals surface area contributed by atoms with E-state index in [1.807, 2.05) is 29.6 Å². The molecule has 1 amide bonds. The summed E-state index contributed by atoms with van der Waals surface area (Å²) in [7, 11) is 0. The van der Waals surface area contributed by atoms with Crippen LogP contribution in [0.5, 0.6) is 0 Å². The topological polar surface area (TPSA) is 38.1 Å². The minimum atomic E-state index is 0.0920. The summed E-state index contributed by atoms with van der Waals surface area (Å²) >= 11 is 1.70. The van der Waals surface area contributed by atoms with E-state index in [1.54, 1.807) is 18.0 Å². The Morgan fingerprint density at radius 1 is 1.35 bits per heavy atom. The first-order valence-corrected chi connectivity index (χ1v) is 8.92. The lowest BCUT2D eigenvalue weighted by Gasteiger charge is -2.35. The van der Waals surface area contributed by atoms with Crippen LogP contribution in [0.2, 0.25) is 0 Å². The maximum atomic E-state index is 12.8. The number of carbonyl (C=O) groups excluding carboxylic acids is 1. The SMILES string of the molecule is CC(C)(C)SCC(=O)N1C[C@H](n2ccnc2)Cc2ccccc21. The van der Waals surface area contributed by atoms with Gasteiger partial charge in [-0.15, -0.1) is 11.8 Å². The molecular weight excluding hydrogens is 306 g/mol. The van der Waals surface area contributed by atoms with Gasteiger partial charge in [-0.05, 0) is 18.1 Å². The molecule has 0 radical (unpaired) electrons. The van der Waals surface area contributed by atoms with E-state index in [0.29, 0.717) is 12.3 Å². The number of anilines is 1. The zero-order valence-electron chi connectivity index (χ0n) is 13.9. The van der Waals surface area contributed by atoms with Gasteiger partial charge in [0.1, 0.15) is 0 Å². The Bertz CT molecular complexity index is 676. The molecule has 1 aliphatic rings. The highest BCUT2D eigenvalue weighted by atomic mass is 32.2. The minimum absolute atomic E-state index is 0.0920. The molecule has 1 aromatic heterocycles. The van der Waals surface area contributed by atoms with Crippen LogP contribution in [0.3, 0.4) is 0 Å². The fourth-order valence-corrected chi connectivity index (χ4v) is 3.56. The van der Waals surface area contributed by atoms with Gasteiger partial charge in [0.2, 0.25) is 5.91 Å². The van der Waals surface area contributed by atoms with Crippen molar-refractivity contribution in [2.45, 2.75) is 38.0 Å². The Hall–Kier alpha value is -1.75. The monoisotopic (exact) mass is 329 g/mol. The molecule has 23 heavy (non-hydrogen) atoms. The highest BCUT2D eigenvalue weighted by Gasteiger charge is 2.29. The van der Waals surface area contributed by atoms with Gasteiger partial charge in [-0.1, -0.05) is 39.0 Å². The molecule has 0 bridgehead atoms. The van der Waals surface area contributed by atoms with Crippen LogP contribution >= 0.6 is 11.8 Å². The van der Waals surface area contributed by atoms with Gasteiger partial charge < -0.3 is 9.47 Å². The smallest absolute Gasteiger partial charge is 0.237 e. The van der Waals surface area contributed by atoms with E-state index >= 15 is 0 Å². The van der Waals surface area contributed by atoms with Crippen molar-refractivity contribution >= 4 is 23.4 Å². The average molecular weight is 329 g/mol. The second kappa shape index (κ2) is 6.40. The van der Waals surface area contributed by atoms with E-state index in [-0.39, 0.29) is 16.7 Å². The van der Waals surface area contributed by atoms with E-state index in [1.165, 1.54) is 5.56 Å². The van der Waals surface area contributed by atoms with Crippen molar-refractivity contribution in [2.24, 2.45) is 0 Å². The van der Waals surface area contributed by atoms with E-state index in [2.05, 4.69) is 42.5 Å². The summed E-state index contributed by atoms with van der Waals surface area (Å²) in [6.07, 6.45) is 6.54. The Morgan fingerprint density at radius 3 is 2.83 bits per heavy atom. The Balaban J connectivity index is 1.84. The lowest BCUT2D eigenvalue weighted by atomic mass is 9.97. The predicted molar refractivity (Wildman–Crippen MR) is 96.0 cm³/mol. The van der Waals surface area contributed by atoms with E-state index in [4.69, 9.17) is 0 Å². The Morgan fingerprint density at radius 2 is 2.13 bits per heavy atom. The number of hydrogen-bond acceptors (Lipinski definition) is 3. The van der Waals surface area contributed by atoms with Crippen molar-refractivity contribution in [1.82, 2.24) is 9.55 Å². The highest BCUT2D eigenvalue weighted by molar-refractivity contribution is 8.01. The van der Waals surface area contributed by atoms with Crippen LogP contribution in [0.4, 0.5) is 5.69 Å². The van der Waals surface area contributed by atoms with Gasteiger partial charge in [0.05, 0.1) is 18.1 Å². The van der Waals surface area contributed by atoms with Crippen LogP contribution in [0.25, 0.3) is 0 Å². The van der Waals surface area contributed by atoms with Crippen LogP contribution in [-0.2, 0) is 11.2 Å². The number of hydrogen-bond donors (Lipinski definition) is 0. The molecule has 0 saturated heterocycles. The molecule has 5 heteroatoms. The summed E-state index contributed by atoms with van der Waals surface area (Å²) in [4.78, 5) is 18.9. The van der Waals surface area contributed by atoms with Crippen molar-refractivity contribution in [3.63, 3.8) is 0 Å². The van der Waals surface area contributed by atoms with Crippen molar-refractivity contribution in [1.29, 1.82) is 0 Å². The molecule has 122 valence electrons. The lowest BCUT2D eigenvalue weighted by Crippen LogP contribution is -2.42. The molecule has 2 heterocycles. The predicted octanol–water partition coefficient (Wildman–Crippen LogP) is 3.55. The zero-order chi connectivity index (χ0) is 16.4. The Kier molecular flexibility index (Phi) is 4.48.